The molecule has 0 unspecified atom stereocenters. The molecule has 2 saturated heterocycles. The van der Waals surface area contributed by atoms with Gasteiger partial charge in [0.15, 0.2) is 5.79 Å². The third-order valence-electron chi connectivity index (χ3n) is 5.21. The Hall–Kier alpha value is -2.09. The van der Waals surface area contributed by atoms with Crippen molar-refractivity contribution >= 4 is 21.4 Å². The normalized spacial score (nSPS) is 19.4. The number of hydrogen-bond acceptors (Lipinski definition) is 5. The van der Waals surface area contributed by atoms with Crippen LogP contribution in [-0.4, -0.2) is 40.5 Å². The van der Waals surface area contributed by atoms with Gasteiger partial charge in [0, 0.05) is 37.3 Å². The van der Waals surface area contributed by atoms with E-state index in [9.17, 15) is 8.42 Å². The number of nitrogens with one attached hydrogen (secondary N) is 1. The van der Waals surface area contributed by atoms with Gasteiger partial charge in [-0.15, -0.1) is 0 Å². The highest BCUT2D eigenvalue weighted by Crippen LogP contribution is 2.33. The molecule has 0 saturated carbocycles. The summed E-state index contributed by atoms with van der Waals surface area (Å²) < 4.78 is 39.4. The van der Waals surface area contributed by atoms with Gasteiger partial charge in [-0.05, 0) is 42.8 Å². The molecule has 2 fully saturated rings. The maximum Gasteiger partial charge on any atom is 0.262 e. The van der Waals surface area contributed by atoms with Gasteiger partial charge < -0.3 is 14.4 Å². The first kappa shape index (κ1) is 18.3. The van der Waals surface area contributed by atoms with Gasteiger partial charge in [-0.25, -0.2) is 8.42 Å². The number of sulfonamides is 1. The van der Waals surface area contributed by atoms with E-state index in [1.807, 2.05) is 18.2 Å². The zero-order valence-electron chi connectivity index (χ0n) is 15.3. The Morgan fingerprint density at radius 1 is 0.963 bits per heavy atom. The molecule has 27 heavy (non-hydrogen) atoms. The molecule has 0 aliphatic carbocycles. The lowest BCUT2D eigenvalue weighted by molar-refractivity contribution is -0.169. The summed E-state index contributed by atoms with van der Waals surface area (Å²) in [5.41, 5.74) is 2.35. The molecule has 0 radical (unpaired) electrons. The molecule has 1 spiro atoms. The molecule has 2 aliphatic heterocycles. The van der Waals surface area contributed by atoms with E-state index in [2.05, 4.69) is 9.62 Å². The first-order valence-corrected chi connectivity index (χ1v) is 10.7. The van der Waals surface area contributed by atoms with Crippen LogP contribution in [0.1, 0.15) is 18.4 Å². The van der Waals surface area contributed by atoms with Crippen molar-refractivity contribution in [3.05, 3.63) is 54.1 Å². The molecule has 2 aromatic carbocycles. The van der Waals surface area contributed by atoms with Gasteiger partial charge in [0.1, 0.15) is 0 Å². The highest BCUT2D eigenvalue weighted by Gasteiger charge is 2.39. The van der Waals surface area contributed by atoms with Crippen LogP contribution in [0.25, 0.3) is 0 Å². The second-order valence-corrected chi connectivity index (χ2v) is 8.66. The molecule has 2 aliphatic rings. The Labute approximate surface area is 160 Å². The minimum absolute atomic E-state index is 0.298. The first-order chi connectivity index (χ1) is 13.0. The van der Waals surface area contributed by atoms with Crippen molar-refractivity contribution in [2.24, 2.45) is 0 Å². The predicted octanol–water partition coefficient (Wildman–Crippen LogP) is 3.14. The second-order valence-electron chi connectivity index (χ2n) is 7.01. The highest BCUT2D eigenvalue weighted by molar-refractivity contribution is 7.92. The van der Waals surface area contributed by atoms with Gasteiger partial charge in [0.2, 0.25) is 0 Å². The zero-order chi connectivity index (χ0) is 18.9. The van der Waals surface area contributed by atoms with E-state index >= 15 is 0 Å². The van der Waals surface area contributed by atoms with E-state index in [-0.39, 0.29) is 5.79 Å². The monoisotopic (exact) mass is 388 g/mol. The number of ether oxygens (including phenoxy) is 2. The van der Waals surface area contributed by atoms with Gasteiger partial charge >= 0.3 is 0 Å². The molecule has 0 aromatic heterocycles. The standard InChI is InChI=1S/C20H24N2O4S/c1-16-4-2-3-5-19(16)27(23,24)21-17-6-8-18(9-7-17)22-12-10-20(11-13-22)25-14-15-26-20/h2-9,21H,10-15H2,1H3. The molecule has 0 atom stereocenters. The Balaban J connectivity index is 1.43. The van der Waals surface area contributed by atoms with E-state index in [0.717, 1.165) is 37.2 Å². The summed E-state index contributed by atoms with van der Waals surface area (Å²) in [6.45, 7) is 4.85. The Kier molecular flexibility index (Phi) is 4.84. The number of hydrogen-bond donors (Lipinski definition) is 1. The Morgan fingerprint density at radius 2 is 1.59 bits per heavy atom. The second kappa shape index (κ2) is 7.14. The van der Waals surface area contributed by atoms with Crippen LogP contribution in [0.5, 0.6) is 0 Å². The summed E-state index contributed by atoms with van der Waals surface area (Å²) in [5.74, 6) is -0.389. The molecule has 4 rings (SSSR count). The molecule has 6 nitrogen and oxygen atoms in total. The van der Waals surface area contributed by atoms with Gasteiger partial charge in [0.25, 0.3) is 10.0 Å². The molecule has 7 heteroatoms. The van der Waals surface area contributed by atoms with Crippen molar-refractivity contribution in [1.29, 1.82) is 0 Å². The van der Waals surface area contributed by atoms with Crippen molar-refractivity contribution in [2.45, 2.75) is 30.4 Å². The minimum atomic E-state index is -3.59. The first-order valence-electron chi connectivity index (χ1n) is 9.19. The third kappa shape index (κ3) is 3.81. The van der Waals surface area contributed by atoms with Crippen LogP contribution in [0.15, 0.2) is 53.4 Å². The average molecular weight is 388 g/mol. The largest absolute Gasteiger partial charge is 0.371 e. The Bertz CT molecular complexity index is 896. The number of anilines is 2. The maximum absolute atomic E-state index is 12.6. The van der Waals surface area contributed by atoms with E-state index < -0.39 is 10.0 Å². The quantitative estimate of drug-likeness (QED) is 0.872. The van der Waals surface area contributed by atoms with E-state index in [1.165, 1.54) is 0 Å². The number of benzene rings is 2. The summed E-state index contributed by atoms with van der Waals surface area (Å²) in [4.78, 5) is 2.57. The lowest BCUT2D eigenvalue weighted by atomic mass is 10.0. The van der Waals surface area contributed by atoms with Crippen molar-refractivity contribution in [3.8, 4) is 0 Å². The number of nitrogens with zero attached hydrogens (tertiary/aromatic N) is 1. The third-order valence-corrected chi connectivity index (χ3v) is 6.75. The smallest absolute Gasteiger partial charge is 0.262 e. The zero-order valence-corrected chi connectivity index (χ0v) is 16.2. The molecule has 144 valence electrons. The molecule has 2 aromatic rings. The van der Waals surface area contributed by atoms with Crippen LogP contribution < -0.4 is 9.62 Å². The fourth-order valence-corrected chi connectivity index (χ4v) is 5.01. The van der Waals surface area contributed by atoms with Gasteiger partial charge in [-0.3, -0.25) is 4.72 Å². The molecular weight excluding hydrogens is 364 g/mol. The average Bonchev–Trinajstić information content (AvgIpc) is 3.11. The van der Waals surface area contributed by atoms with Crippen LogP contribution >= 0.6 is 0 Å². The molecule has 0 bridgehead atoms. The molecule has 2 heterocycles. The van der Waals surface area contributed by atoms with Crippen LogP contribution in [0.4, 0.5) is 11.4 Å². The van der Waals surface area contributed by atoms with Crippen LogP contribution in [0.2, 0.25) is 0 Å². The summed E-state index contributed by atoms with van der Waals surface area (Å²) >= 11 is 0. The number of rotatable bonds is 4. The summed E-state index contributed by atoms with van der Waals surface area (Å²) in [6, 6.07) is 14.5. The van der Waals surface area contributed by atoms with E-state index in [1.54, 1.807) is 37.3 Å². The van der Waals surface area contributed by atoms with Gasteiger partial charge in [0.05, 0.1) is 18.1 Å². The van der Waals surface area contributed by atoms with Crippen molar-refractivity contribution < 1.29 is 17.9 Å². The van der Waals surface area contributed by atoms with Gasteiger partial charge in [-0.2, -0.15) is 0 Å². The van der Waals surface area contributed by atoms with E-state index in [0.29, 0.717) is 23.8 Å². The fraction of sp³-hybridized carbons (Fsp3) is 0.400. The summed E-state index contributed by atoms with van der Waals surface area (Å²) in [7, 11) is -3.59. The lowest BCUT2D eigenvalue weighted by Gasteiger charge is -2.38. The highest BCUT2D eigenvalue weighted by atomic mass is 32.2. The minimum Gasteiger partial charge on any atom is -0.371 e. The lowest BCUT2D eigenvalue weighted by Crippen LogP contribution is -2.45. The van der Waals surface area contributed by atoms with Crippen LogP contribution in [-0.2, 0) is 19.5 Å². The van der Waals surface area contributed by atoms with Crippen molar-refractivity contribution in [1.82, 2.24) is 0 Å². The summed E-state index contributed by atoms with van der Waals surface area (Å²) in [5, 5.41) is 0. The van der Waals surface area contributed by atoms with Crippen molar-refractivity contribution in [2.75, 3.05) is 35.9 Å². The number of piperidine rings is 1. The summed E-state index contributed by atoms with van der Waals surface area (Å²) in [6.07, 6.45) is 1.68. The SMILES string of the molecule is Cc1ccccc1S(=O)(=O)Nc1ccc(N2CCC3(CC2)OCCO3)cc1. The number of aryl methyl sites for hydroxylation is 1. The van der Waals surface area contributed by atoms with Gasteiger partial charge in [-0.1, -0.05) is 18.2 Å². The molecular formula is C20H24N2O4S. The molecule has 0 amide bonds. The predicted molar refractivity (Wildman–Crippen MR) is 105 cm³/mol. The fourth-order valence-electron chi connectivity index (χ4n) is 3.70. The Morgan fingerprint density at radius 3 is 2.22 bits per heavy atom. The maximum atomic E-state index is 12.6. The van der Waals surface area contributed by atoms with Crippen LogP contribution in [0.3, 0.4) is 0 Å². The van der Waals surface area contributed by atoms with Crippen LogP contribution in [0, 0.1) is 6.92 Å². The topological polar surface area (TPSA) is 67.9 Å². The molecule has 1 N–H and O–H groups in total. The van der Waals surface area contributed by atoms with E-state index in [4.69, 9.17) is 9.47 Å². The van der Waals surface area contributed by atoms with Crippen molar-refractivity contribution in [3.63, 3.8) is 0 Å².